The maximum absolute atomic E-state index is 11.9. The number of rotatable bonds is 4. The molecule has 0 radical (unpaired) electrons. The van der Waals surface area contributed by atoms with Crippen LogP contribution in [0.4, 0.5) is 0 Å². The fraction of sp³-hybridized carbons (Fsp3) is 0.455. The van der Waals surface area contributed by atoms with E-state index in [4.69, 9.17) is 4.84 Å². The molecule has 1 aromatic carbocycles. The smallest absolute Gasteiger partial charge is 0.262 e. The Labute approximate surface area is 96.6 Å². The van der Waals surface area contributed by atoms with E-state index in [1.807, 2.05) is 19.1 Å². The van der Waals surface area contributed by atoms with E-state index in [-0.39, 0.29) is 0 Å². The second kappa shape index (κ2) is 4.95. The lowest BCUT2D eigenvalue weighted by atomic mass is 10.1. The molecular formula is C11H17NO3S. The van der Waals surface area contributed by atoms with E-state index in [0.717, 1.165) is 16.7 Å². The predicted octanol–water partition coefficient (Wildman–Crippen LogP) is 1.84. The van der Waals surface area contributed by atoms with E-state index < -0.39 is 10.0 Å². The summed E-state index contributed by atoms with van der Waals surface area (Å²) in [5, 5.41) is 0. The van der Waals surface area contributed by atoms with Crippen LogP contribution in [0.3, 0.4) is 0 Å². The maximum atomic E-state index is 11.9. The van der Waals surface area contributed by atoms with Crippen LogP contribution in [-0.2, 0) is 14.9 Å². The molecular weight excluding hydrogens is 226 g/mol. The van der Waals surface area contributed by atoms with Crippen molar-refractivity contribution >= 4 is 10.0 Å². The van der Waals surface area contributed by atoms with Gasteiger partial charge in [-0.3, -0.25) is 4.84 Å². The van der Waals surface area contributed by atoms with Gasteiger partial charge in [-0.15, -0.1) is 0 Å². The van der Waals surface area contributed by atoms with Crippen LogP contribution in [0.1, 0.15) is 23.6 Å². The molecule has 0 atom stereocenters. The summed E-state index contributed by atoms with van der Waals surface area (Å²) in [6.07, 6.45) is 0. The quantitative estimate of drug-likeness (QED) is 0.821. The number of hydrogen-bond acceptors (Lipinski definition) is 3. The van der Waals surface area contributed by atoms with Crippen molar-refractivity contribution in [2.24, 2.45) is 0 Å². The van der Waals surface area contributed by atoms with Crippen molar-refractivity contribution < 1.29 is 13.3 Å². The van der Waals surface area contributed by atoms with E-state index in [0.29, 0.717) is 11.5 Å². The van der Waals surface area contributed by atoms with Crippen LogP contribution in [0, 0.1) is 20.8 Å². The van der Waals surface area contributed by atoms with E-state index >= 15 is 0 Å². The van der Waals surface area contributed by atoms with Gasteiger partial charge in [0.1, 0.15) is 0 Å². The first kappa shape index (κ1) is 13.2. The zero-order valence-electron chi connectivity index (χ0n) is 9.99. The van der Waals surface area contributed by atoms with Gasteiger partial charge >= 0.3 is 0 Å². The molecule has 0 spiro atoms. The highest BCUT2D eigenvalue weighted by atomic mass is 32.2. The summed E-state index contributed by atoms with van der Waals surface area (Å²) in [7, 11) is -3.57. The van der Waals surface area contributed by atoms with Gasteiger partial charge in [0.2, 0.25) is 0 Å². The van der Waals surface area contributed by atoms with Gasteiger partial charge in [-0.05, 0) is 38.8 Å². The third-order valence-corrected chi connectivity index (χ3v) is 3.71. The Morgan fingerprint density at radius 2 is 1.69 bits per heavy atom. The van der Waals surface area contributed by atoms with Gasteiger partial charge in [0.05, 0.1) is 11.5 Å². The Balaban J connectivity index is 3.23. The summed E-state index contributed by atoms with van der Waals surface area (Å²) in [5.41, 5.74) is 2.50. The molecule has 0 aliphatic rings. The molecule has 0 saturated carbocycles. The van der Waals surface area contributed by atoms with Gasteiger partial charge in [0, 0.05) is 0 Å². The first-order valence-corrected chi connectivity index (χ1v) is 6.58. The van der Waals surface area contributed by atoms with Gasteiger partial charge in [0.15, 0.2) is 0 Å². The largest absolute Gasteiger partial charge is 0.287 e. The first-order chi connectivity index (χ1) is 7.38. The van der Waals surface area contributed by atoms with Crippen molar-refractivity contribution in [3.05, 3.63) is 28.8 Å². The first-order valence-electron chi connectivity index (χ1n) is 5.10. The molecule has 4 nitrogen and oxygen atoms in total. The SMILES string of the molecule is CCONS(=O)(=O)c1c(C)cc(C)cc1C. The van der Waals surface area contributed by atoms with Gasteiger partial charge in [-0.25, -0.2) is 8.42 Å². The zero-order chi connectivity index (χ0) is 12.3. The highest BCUT2D eigenvalue weighted by Gasteiger charge is 2.19. The standard InChI is InChI=1S/C11H17NO3S/c1-5-15-12-16(13,14)11-9(3)6-8(2)7-10(11)4/h6-7,12H,5H2,1-4H3. The second-order valence-electron chi connectivity index (χ2n) is 3.75. The van der Waals surface area contributed by atoms with Crippen molar-refractivity contribution in [3.63, 3.8) is 0 Å². The molecule has 0 bridgehead atoms. The van der Waals surface area contributed by atoms with Crippen LogP contribution in [0.25, 0.3) is 0 Å². The Kier molecular flexibility index (Phi) is 4.07. The fourth-order valence-electron chi connectivity index (χ4n) is 1.77. The number of sulfonamides is 1. The summed E-state index contributed by atoms with van der Waals surface area (Å²) < 4.78 is 23.8. The average Bonchev–Trinajstić information content (AvgIpc) is 2.12. The van der Waals surface area contributed by atoms with Gasteiger partial charge < -0.3 is 0 Å². The van der Waals surface area contributed by atoms with Crippen molar-refractivity contribution in [2.75, 3.05) is 6.61 Å². The molecule has 0 amide bonds. The molecule has 16 heavy (non-hydrogen) atoms. The second-order valence-corrected chi connectivity index (χ2v) is 5.33. The molecule has 0 saturated heterocycles. The summed E-state index contributed by atoms with van der Waals surface area (Å²) in [5.74, 6) is 0. The van der Waals surface area contributed by atoms with Crippen LogP contribution in [-0.4, -0.2) is 15.0 Å². The molecule has 0 aliphatic heterocycles. The lowest BCUT2D eigenvalue weighted by Crippen LogP contribution is -2.25. The molecule has 5 heteroatoms. The number of hydrogen-bond donors (Lipinski definition) is 1. The van der Waals surface area contributed by atoms with Gasteiger partial charge in [-0.1, -0.05) is 22.6 Å². The van der Waals surface area contributed by atoms with Gasteiger partial charge in [-0.2, -0.15) is 0 Å². The third-order valence-electron chi connectivity index (χ3n) is 2.19. The predicted molar refractivity (Wildman–Crippen MR) is 62.6 cm³/mol. The Bertz CT molecular complexity index is 457. The molecule has 0 aliphatic carbocycles. The summed E-state index contributed by atoms with van der Waals surface area (Å²) in [6, 6.07) is 3.68. The minimum absolute atomic E-state index is 0.295. The average molecular weight is 243 g/mol. The number of aryl methyl sites for hydroxylation is 3. The fourth-order valence-corrected chi connectivity index (χ4v) is 3.09. The Morgan fingerprint density at radius 1 is 1.19 bits per heavy atom. The molecule has 0 unspecified atom stereocenters. The molecule has 1 aromatic rings. The minimum atomic E-state index is -3.57. The lowest BCUT2D eigenvalue weighted by Gasteiger charge is -2.12. The monoisotopic (exact) mass is 243 g/mol. The summed E-state index contributed by atoms with van der Waals surface area (Å²) in [4.78, 5) is 7.15. The third kappa shape index (κ3) is 2.81. The van der Waals surface area contributed by atoms with Crippen molar-refractivity contribution in [1.82, 2.24) is 4.89 Å². The zero-order valence-corrected chi connectivity index (χ0v) is 10.8. The molecule has 0 heterocycles. The van der Waals surface area contributed by atoms with E-state index in [1.54, 1.807) is 20.8 Å². The summed E-state index contributed by atoms with van der Waals surface area (Å²) >= 11 is 0. The van der Waals surface area contributed by atoms with Crippen LogP contribution >= 0.6 is 0 Å². The van der Waals surface area contributed by atoms with Crippen LogP contribution in [0.2, 0.25) is 0 Å². The van der Waals surface area contributed by atoms with Crippen LogP contribution in [0.15, 0.2) is 17.0 Å². The Morgan fingerprint density at radius 3 is 2.12 bits per heavy atom. The molecule has 1 rings (SSSR count). The van der Waals surface area contributed by atoms with Gasteiger partial charge in [0.25, 0.3) is 10.0 Å². The van der Waals surface area contributed by atoms with Crippen molar-refractivity contribution in [1.29, 1.82) is 0 Å². The number of nitrogens with one attached hydrogen (secondary N) is 1. The molecule has 0 aromatic heterocycles. The summed E-state index contributed by atoms with van der Waals surface area (Å²) in [6.45, 7) is 7.51. The Hall–Kier alpha value is -0.910. The van der Waals surface area contributed by atoms with E-state index in [2.05, 4.69) is 4.89 Å². The molecule has 1 N–H and O–H groups in total. The number of benzene rings is 1. The van der Waals surface area contributed by atoms with Crippen LogP contribution in [0.5, 0.6) is 0 Å². The topological polar surface area (TPSA) is 55.4 Å². The lowest BCUT2D eigenvalue weighted by molar-refractivity contribution is 0.105. The van der Waals surface area contributed by atoms with E-state index in [1.165, 1.54) is 0 Å². The van der Waals surface area contributed by atoms with Crippen molar-refractivity contribution in [2.45, 2.75) is 32.6 Å². The normalized spacial score (nSPS) is 11.8. The van der Waals surface area contributed by atoms with Crippen LogP contribution < -0.4 is 4.89 Å². The minimum Gasteiger partial charge on any atom is -0.287 e. The van der Waals surface area contributed by atoms with Crippen molar-refractivity contribution in [3.8, 4) is 0 Å². The maximum Gasteiger partial charge on any atom is 0.262 e. The molecule has 90 valence electrons. The highest BCUT2D eigenvalue weighted by Crippen LogP contribution is 2.21. The van der Waals surface area contributed by atoms with E-state index in [9.17, 15) is 8.42 Å². The molecule has 0 fully saturated rings. The highest BCUT2D eigenvalue weighted by molar-refractivity contribution is 7.89.